The minimum absolute atomic E-state index is 0.0338. The first-order valence-corrected chi connectivity index (χ1v) is 9.34. The van der Waals surface area contributed by atoms with Crippen molar-refractivity contribution in [1.29, 1.82) is 0 Å². The number of carbonyl (C=O) groups is 2. The van der Waals surface area contributed by atoms with Crippen LogP contribution < -0.4 is 15.8 Å². The number of aromatic nitrogens is 2. The molecule has 0 aliphatic carbocycles. The largest absolute Gasteiger partial charge is 0.495 e. The van der Waals surface area contributed by atoms with Crippen LogP contribution in [0.3, 0.4) is 0 Å². The van der Waals surface area contributed by atoms with Gasteiger partial charge in [0.1, 0.15) is 11.6 Å². The van der Waals surface area contributed by atoms with Crippen LogP contribution in [0.25, 0.3) is 0 Å². The first kappa shape index (κ1) is 20.2. The average molecular weight is 397 g/mol. The van der Waals surface area contributed by atoms with E-state index in [-0.39, 0.29) is 29.3 Å². The van der Waals surface area contributed by atoms with Gasteiger partial charge in [-0.2, -0.15) is 4.98 Å². The Morgan fingerprint density at radius 1 is 1.34 bits per heavy atom. The molecule has 3 rings (SSSR count). The first-order chi connectivity index (χ1) is 14.0. The molecule has 2 aromatic rings. The van der Waals surface area contributed by atoms with Gasteiger partial charge < -0.3 is 25.4 Å². The van der Waals surface area contributed by atoms with Gasteiger partial charge in [0.05, 0.1) is 24.8 Å². The van der Waals surface area contributed by atoms with Gasteiger partial charge in [0.25, 0.3) is 0 Å². The Hall–Kier alpha value is -3.54. The van der Waals surface area contributed by atoms with Crippen molar-refractivity contribution in [2.24, 2.45) is 0 Å². The number of likely N-dealkylation sites (tertiary alicyclic amines) is 1. The Bertz CT molecular complexity index is 889. The Balaban J connectivity index is 1.71. The number of ether oxygens (including phenoxy) is 2. The number of hydrogen-bond donors (Lipinski definition) is 2. The van der Waals surface area contributed by atoms with Crippen LogP contribution in [0.5, 0.6) is 5.75 Å². The summed E-state index contributed by atoms with van der Waals surface area (Å²) in [6, 6.07) is 8.44. The van der Waals surface area contributed by atoms with E-state index in [0.717, 1.165) is 12.8 Å². The molecule has 0 saturated carbocycles. The monoisotopic (exact) mass is 397 g/mol. The number of nitrogens with one attached hydrogen (secondary N) is 1. The lowest BCUT2D eigenvalue weighted by atomic mass is 10.1. The Morgan fingerprint density at radius 3 is 2.86 bits per heavy atom. The third-order valence-electron chi connectivity index (χ3n) is 4.58. The molecule has 3 N–H and O–H groups in total. The summed E-state index contributed by atoms with van der Waals surface area (Å²) in [5.41, 5.74) is 6.49. The van der Waals surface area contributed by atoms with Crippen molar-refractivity contribution in [2.75, 3.05) is 37.9 Å². The van der Waals surface area contributed by atoms with Gasteiger partial charge in [0.2, 0.25) is 11.7 Å². The summed E-state index contributed by atoms with van der Waals surface area (Å²) in [6.45, 7) is 3.25. The van der Waals surface area contributed by atoms with E-state index in [0.29, 0.717) is 37.0 Å². The zero-order valence-electron chi connectivity index (χ0n) is 16.4. The fraction of sp³-hybridized carbons (Fsp3) is 0.400. The van der Waals surface area contributed by atoms with Crippen molar-refractivity contribution in [3.8, 4) is 5.75 Å². The molecule has 1 atom stereocenters. The van der Waals surface area contributed by atoms with Gasteiger partial charge in [0.15, 0.2) is 0 Å². The van der Waals surface area contributed by atoms with E-state index in [4.69, 9.17) is 15.2 Å². The summed E-state index contributed by atoms with van der Waals surface area (Å²) in [5, 5.41) is 3.18. The molecule has 1 unspecified atom stereocenters. The van der Waals surface area contributed by atoms with E-state index >= 15 is 0 Å². The summed E-state index contributed by atoms with van der Waals surface area (Å²) in [6.07, 6.45) is 2.75. The SMILES string of the molecule is CCOC(=O)N1CCCC(Nc2ncc(C(=O)c3cc#ccc3OC)c(N)n2)C1. The highest BCUT2D eigenvalue weighted by atomic mass is 16.6. The molecular formula is C20H23N5O4. The maximum absolute atomic E-state index is 12.8. The lowest BCUT2D eigenvalue weighted by Crippen LogP contribution is -2.45. The van der Waals surface area contributed by atoms with Gasteiger partial charge in [0, 0.05) is 37.5 Å². The van der Waals surface area contributed by atoms with E-state index in [1.165, 1.54) is 25.4 Å². The molecule has 1 aromatic heterocycles. The van der Waals surface area contributed by atoms with E-state index < -0.39 is 0 Å². The van der Waals surface area contributed by atoms with Gasteiger partial charge in [-0.1, -0.05) is 12.1 Å². The molecule has 1 aliphatic rings. The van der Waals surface area contributed by atoms with E-state index in [1.807, 2.05) is 0 Å². The number of hydrogen-bond acceptors (Lipinski definition) is 8. The number of carbonyl (C=O) groups excluding carboxylic acids is 2. The molecular weight excluding hydrogens is 374 g/mol. The van der Waals surface area contributed by atoms with Gasteiger partial charge in [-0.15, -0.1) is 0 Å². The zero-order valence-corrected chi connectivity index (χ0v) is 16.4. The summed E-state index contributed by atoms with van der Waals surface area (Å²) in [5.74, 6) is 0.369. The van der Waals surface area contributed by atoms with Crippen LogP contribution >= 0.6 is 0 Å². The molecule has 29 heavy (non-hydrogen) atoms. The summed E-state index contributed by atoms with van der Waals surface area (Å²) in [4.78, 5) is 34.8. The highest BCUT2D eigenvalue weighted by molar-refractivity contribution is 6.12. The molecule has 152 valence electrons. The lowest BCUT2D eigenvalue weighted by molar-refractivity contribution is 0.0974. The fourth-order valence-electron chi connectivity index (χ4n) is 3.16. The molecule has 1 amide bonds. The number of nitrogen functional groups attached to an aromatic ring is 1. The Morgan fingerprint density at radius 2 is 2.14 bits per heavy atom. The average Bonchev–Trinajstić information content (AvgIpc) is 2.74. The number of ketones is 1. The van der Waals surface area contributed by atoms with Crippen LogP contribution in [0.4, 0.5) is 16.6 Å². The van der Waals surface area contributed by atoms with Crippen LogP contribution in [-0.4, -0.2) is 59.6 Å². The minimum atomic E-state index is -0.359. The lowest BCUT2D eigenvalue weighted by Gasteiger charge is -2.32. The number of rotatable bonds is 6. The molecule has 1 saturated heterocycles. The number of nitrogens with zero attached hydrogens (tertiary/aromatic N) is 3. The van der Waals surface area contributed by atoms with Crippen molar-refractivity contribution >= 4 is 23.6 Å². The quantitative estimate of drug-likeness (QED) is 0.710. The molecule has 1 aromatic carbocycles. The van der Waals surface area contributed by atoms with Crippen LogP contribution in [0.1, 0.15) is 35.7 Å². The van der Waals surface area contributed by atoms with Crippen LogP contribution in [-0.2, 0) is 4.74 Å². The number of amides is 1. The minimum Gasteiger partial charge on any atom is -0.495 e. The van der Waals surface area contributed by atoms with E-state index in [2.05, 4.69) is 27.4 Å². The second-order valence-electron chi connectivity index (χ2n) is 6.51. The van der Waals surface area contributed by atoms with Crippen molar-refractivity contribution in [3.05, 3.63) is 41.6 Å². The highest BCUT2D eigenvalue weighted by Crippen LogP contribution is 2.23. The first-order valence-electron chi connectivity index (χ1n) is 9.34. The Labute approximate surface area is 169 Å². The maximum Gasteiger partial charge on any atom is 0.409 e. The van der Waals surface area contributed by atoms with Crippen LogP contribution in [0, 0.1) is 12.1 Å². The van der Waals surface area contributed by atoms with Gasteiger partial charge in [-0.05, 0) is 19.8 Å². The van der Waals surface area contributed by atoms with Gasteiger partial charge in [-0.25, -0.2) is 9.78 Å². The summed E-state index contributed by atoms with van der Waals surface area (Å²) >= 11 is 0. The second kappa shape index (κ2) is 9.10. The number of nitrogens with two attached hydrogens (primary N) is 1. The smallest absolute Gasteiger partial charge is 0.409 e. The number of anilines is 2. The van der Waals surface area contributed by atoms with Crippen molar-refractivity contribution in [3.63, 3.8) is 0 Å². The van der Waals surface area contributed by atoms with Crippen LogP contribution in [0.15, 0.2) is 18.3 Å². The summed E-state index contributed by atoms with van der Waals surface area (Å²) in [7, 11) is 1.47. The Kier molecular flexibility index (Phi) is 6.34. The third-order valence-corrected chi connectivity index (χ3v) is 4.58. The molecule has 1 aliphatic heterocycles. The zero-order chi connectivity index (χ0) is 20.8. The summed E-state index contributed by atoms with van der Waals surface area (Å²) < 4.78 is 10.2. The normalized spacial score (nSPS) is 15.9. The highest BCUT2D eigenvalue weighted by Gasteiger charge is 2.25. The van der Waals surface area contributed by atoms with E-state index in [1.54, 1.807) is 11.8 Å². The molecule has 1 fully saturated rings. The van der Waals surface area contributed by atoms with E-state index in [9.17, 15) is 9.59 Å². The molecule has 0 spiro atoms. The topological polar surface area (TPSA) is 120 Å². The van der Waals surface area contributed by atoms with Gasteiger partial charge in [-0.3, -0.25) is 4.79 Å². The van der Waals surface area contributed by atoms with Crippen molar-refractivity contribution in [2.45, 2.75) is 25.8 Å². The third kappa shape index (κ3) is 4.66. The van der Waals surface area contributed by atoms with Gasteiger partial charge >= 0.3 is 6.09 Å². The second-order valence-corrected chi connectivity index (χ2v) is 6.51. The van der Waals surface area contributed by atoms with Crippen molar-refractivity contribution in [1.82, 2.24) is 14.9 Å². The maximum atomic E-state index is 12.8. The molecule has 9 heteroatoms. The van der Waals surface area contributed by atoms with Crippen LogP contribution in [0.2, 0.25) is 0 Å². The number of methoxy groups -OCH3 is 1. The molecule has 0 bridgehead atoms. The molecule has 9 nitrogen and oxygen atoms in total. The number of piperidine rings is 1. The molecule has 0 radical (unpaired) electrons. The fourth-order valence-corrected chi connectivity index (χ4v) is 3.16. The predicted octanol–water partition coefficient (Wildman–Crippen LogP) is 1.93. The van der Waals surface area contributed by atoms with Crippen molar-refractivity contribution < 1.29 is 19.1 Å². The predicted molar refractivity (Wildman–Crippen MR) is 106 cm³/mol. The standard InChI is InChI=1S/C20H23N5O4/c1-3-29-20(27)25-10-6-7-13(12-25)23-19-22-11-15(18(21)24-19)17(26)14-8-4-5-9-16(14)28-2/h8-9,11,13H,3,6-7,10,12H2,1-2H3,(H3,21,22,23,24). The molecule has 2 heterocycles.